The number of hydrogen-bond donors (Lipinski definition) is 0. The van der Waals surface area contributed by atoms with Gasteiger partial charge in [0.1, 0.15) is 28.1 Å². The lowest BCUT2D eigenvalue weighted by Crippen LogP contribution is -1.89. The first-order valence-electron chi connectivity index (χ1n) is 12.1. The van der Waals surface area contributed by atoms with E-state index >= 15 is 4.39 Å². The van der Waals surface area contributed by atoms with Gasteiger partial charge in [-0.3, -0.25) is 0 Å². The van der Waals surface area contributed by atoms with Gasteiger partial charge in [0.05, 0.1) is 16.4 Å². The second-order valence-corrected chi connectivity index (χ2v) is 10.0. The molecule has 5 aromatic carbocycles. The molecule has 37 heavy (non-hydrogen) atoms. The van der Waals surface area contributed by atoms with Gasteiger partial charge in [-0.15, -0.1) is 0 Å². The average Bonchev–Trinajstić information content (AvgIpc) is 3.54. The van der Waals surface area contributed by atoms with Crippen LogP contribution in [-0.2, 0) is 0 Å². The highest BCUT2D eigenvalue weighted by molar-refractivity contribution is 6.33. The smallest absolute Gasteiger partial charge is 0.161 e. The average molecular weight is 500 g/mol. The summed E-state index contributed by atoms with van der Waals surface area (Å²) in [6.07, 6.45) is 0. The van der Waals surface area contributed by atoms with Crippen LogP contribution in [0.15, 0.2) is 99.8 Å². The Hall–Kier alpha value is -4.54. The van der Waals surface area contributed by atoms with E-state index in [0.29, 0.717) is 10.6 Å². The van der Waals surface area contributed by atoms with Crippen LogP contribution in [0, 0.1) is 5.82 Å². The van der Waals surface area contributed by atoms with Crippen LogP contribution in [0.1, 0.15) is 0 Å². The monoisotopic (exact) mass is 499 g/mol. The van der Waals surface area contributed by atoms with Gasteiger partial charge in [0.2, 0.25) is 0 Å². The minimum absolute atomic E-state index is 0.338. The summed E-state index contributed by atoms with van der Waals surface area (Å²) in [5.41, 5.74) is 5.72. The van der Waals surface area contributed by atoms with Crippen molar-refractivity contribution in [3.63, 3.8) is 0 Å². The summed E-state index contributed by atoms with van der Waals surface area (Å²) in [5.74, 6) is -0.338. The number of aromatic nitrogens is 1. The van der Waals surface area contributed by atoms with E-state index in [1.165, 1.54) is 6.07 Å². The summed E-state index contributed by atoms with van der Waals surface area (Å²) >= 11 is 6.48. The van der Waals surface area contributed by atoms with Crippen molar-refractivity contribution in [1.29, 1.82) is 0 Å². The molecule has 0 aliphatic heterocycles. The standard InChI is InChI=1S/C32H15ClFNO2/c33-16-9-10-20-26(11-16)35-25-7-3-1-5-18(25)22-15-28-23(19-6-2-4-8-27(19)36-28)14-21(22)24-12-17(34)13-29-30(24)31(35)32(20)37-29/h1-15H. The molecule has 0 amide bonds. The number of hydrogen-bond acceptors (Lipinski definition) is 2. The molecule has 0 atom stereocenters. The van der Waals surface area contributed by atoms with E-state index in [2.05, 4.69) is 34.7 Å². The van der Waals surface area contributed by atoms with Crippen molar-refractivity contribution >= 4 is 93.6 Å². The van der Waals surface area contributed by atoms with E-state index in [0.717, 1.165) is 76.4 Å². The van der Waals surface area contributed by atoms with Gasteiger partial charge in [-0.2, -0.15) is 0 Å². The molecule has 4 heterocycles. The largest absolute Gasteiger partial charge is 0.456 e. The topological polar surface area (TPSA) is 30.7 Å². The summed E-state index contributed by atoms with van der Waals surface area (Å²) in [6.45, 7) is 0. The van der Waals surface area contributed by atoms with Crippen LogP contribution in [0.2, 0.25) is 5.02 Å². The zero-order chi connectivity index (χ0) is 24.4. The number of fused-ring (bicyclic) bond motifs is 11. The molecule has 0 N–H and O–H groups in total. The van der Waals surface area contributed by atoms with E-state index < -0.39 is 0 Å². The molecule has 0 saturated carbocycles. The molecular weight excluding hydrogens is 485 g/mol. The van der Waals surface area contributed by atoms with Gasteiger partial charge in [-0.1, -0.05) is 48.0 Å². The van der Waals surface area contributed by atoms with E-state index in [-0.39, 0.29) is 5.82 Å². The van der Waals surface area contributed by atoms with Crippen LogP contribution < -0.4 is 0 Å². The van der Waals surface area contributed by atoms with Crippen LogP contribution in [-0.4, -0.2) is 4.40 Å². The molecule has 0 bridgehead atoms. The molecule has 4 aromatic heterocycles. The summed E-state index contributed by atoms with van der Waals surface area (Å²) in [6, 6.07) is 29.4. The fourth-order valence-corrected chi connectivity index (χ4v) is 6.32. The third-order valence-electron chi connectivity index (χ3n) is 7.64. The Kier molecular flexibility index (Phi) is 3.51. The van der Waals surface area contributed by atoms with Crippen LogP contribution in [0.3, 0.4) is 0 Å². The Morgan fingerprint density at radius 2 is 1.38 bits per heavy atom. The van der Waals surface area contributed by atoms with Crippen molar-refractivity contribution < 1.29 is 13.2 Å². The molecule has 0 spiro atoms. The normalized spacial score (nSPS) is 12.6. The highest BCUT2D eigenvalue weighted by Gasteiger charge is 2.22. The molecule has 9 rings (SSSR count). The van der Waals surface area contributed by atoms with Gasteiger partial charge in [0.15, 0.2) is 5.58 Å². The summed E-state index contributed by atoms with van der Waals surface area (Å²) in [4.78, 5) is 0. The molecule has 0 unspecified atom stereocenters. The second-order valence-electron chi connectivity index (χ2n) is 9.61. The maximum Gasteiger partial charge on any atom is 0.161 e. The van der Waals surface area contributed by atoms with Crippen molar-refractivity contribution in [2.75, 3.05) is 0 Å². The number of halogens is 2. The molecule has 0 radical (unpaired) electrons. The van der Waals surface area contributed by atoms with E-state index in [9.17, 15) is 0 Å². The second kappa shape index (κ2) is 6.61. The number of para-hydroxylation sites is 2. The Balaban J connectivity index is 1.71. The quantitative estimate of drug-likeness (QED) is 0.208. The summed E-state index contributed by atoms with van der Waals surface area (Å²) in [7, 11) is 0. The predicted octanol–water partition coefficient (Wildman–Crippen LogP) is 9.99. The van der Waals surface area contributed by atoms with Gasteiger partial charge in [0.25, 0.3) is 0 Å². The van der Waals surface area contributed by atoms with Crippen molar-refractivity contribution in [2.45, 2.75) is 0 Å². The molecule has 0 saturated heterocycles. The molecular formula is C32H15ClFNO2. The first kappa shape index (κ1) is 19.6. The maximum absolute atomic E-state index is 15.1. The first-order chi connectivity index (χ1) is 18.2. The van der Waals surface area contributed by atoms with Crippen molar-refractivity contribution in [3.05, 3.63) is 102 Å². The Bertz CT molecular complexity index is 2440. The molecule has 5 heteroatoms. The third kappa shape index (κ3) is 2.41. The molecule has 0 aliphatic carbocycles. The number of furan rings is 2. The first-order valence-corrected chi connectivity index (χ1v) is 12.4. The van der Waals surface area contributed by atoms with Gasteiger partial charge < -0.3 is 13.2 Å². The van der Waals surface area contributed by atoms with Crippen molar-refractivity contribution in [2.24, 2.45) is 0 Å². The fraction of sp³-hybridized carbons (Fsp3) is 0. The number of benzene rings is 5. The van der Waals surface area contributed by atoms with Gasteiger partial charge >= 0.3 is 0 Å². The SMILES string of the molecule is Fc1cc2oc3c4ccc(Cl)cc4n4c5ccccc5c5cc6oc7ccccc7c6cc5c(c1)c2c34. The zero-order valence-electron chi connectivity index (χ0n) is 19.2. The minimum Gasteiger partial charge on any atom is -0.456 e. The predicted molar refractivity (Wildman–Crippen MR) is 149 cm³/mol. The minimum atomic E-state index is -0.338. The van der Waals surface area contributed by atoms with Crippen LogP contribution in [0.5, 0.6) is 0 Å². The van der Waals surface area contributed by atoms with E-state index in [1.54, 1.807) is 6.07 Å². The Morgan fingerprint density at radius 3 is 2.30 bits per heavy atom. The fourth-order valence-electron chi connectivity index (χ4n) is 6.15. The number of rotatable bonds is 0. The lowest BCUT2D eigenvalue weighted by molar-refractivity contribution is 0.620. The van der Waals surface area contributed by atoms with Crippen LogP contribution >= 0.6 is 11.6 Å². The molecule has 0 fully saturated rings. The van der Waals surface area contributed by atoms with Gasteiger partial charge in [-0.05, 0) is 64.7 Å². The van der Waals surface area contributed by atoms with E-state index in [4.69, 9.17) is 20.4 Å². The lowest BCUT2D eigenvalue weighted by Gasteiger charge is -2.09. The number of nitrogens with zero attached hydrogens (tertiary/aromatic N) is 1. The highest BCUT2D eigenvalue weighted by atomic mass is 35.5. The molecule has 0 aliphatic rings. The van der Waals surface area contributed by atoms with Crippen LogP contribution in [0.25, 0.3) is 82.0 Å². The maximum atomic E-state index is 15.1. The summed E-state index contributed by atoms with van der Waals surface area (Å²) < 4.78 is 30.0. The third-order valence-corrected chi connectivity index (χ3v) is 7.88. The van der Waals surface area contributed by atoms with E-state index in [1.807, 2.05) is 48.5 Å². The van der Waals surface area contributed by atoms with Crippen molar-refractivity contribution in [1.82, 2.24) is 4.40 Å². The molecule has 9 aromatic rings. The highest BCUT2D eigenvalue weighted by Crippen LogP contribution is 2.44. The van der Waals surface area contributed by atoms with Crippen molar-refractivity contribution in [3.8, 4) is 0 Å². The van der Waals surface area contributed by atoms with Gasteiger partial charge in [0, 0.05) is 32.6 Å². The summed E-state index contributed by atoms with van der Waals surface area (Å²) in [5, 5.41) is 8.20. The zero-order valence-corrected chi connectivity index (χ0v) is 19.9. The molecule has 174 valence electrons. The van der Waals surface area contributed by atoms with Gasteiger partial charge in [-0.25, -0.2) is 4.39 Å². The van der Waals surface area contributed by atoms with Crippen LogP contribution in [0.4, 0.5) is 4.39 Å². The molecule has 3 nitrogen and oxygen atoms in total. The Morgan fingerprint density at radius 1 is 0.568 bits per heavy atom. The lowest BCUT2D eigenvalue weighted by atomic mass is 9.99. The Labute approximate surface area is 212 Å².